The topological polar surface area (TPSA) is 136 Å². The van der Waals surface area contributed by atoms with Crippen molar-refractivity contribution in [3.05, 3.63) is 94.2 Å². The SMILES string of the molecule is Cc1nnc(NS(=O)(=O)c2ccc(NC(=O)CSc3nc4ccccc4c(=O)n3-c3ccccc3)cc2)s1. The molecule has 2 heterocycles. The molecule has 192 valence electrons. The molecule has 0 aliphatic rings. The van der Waals surface area contributed by atoms with Crippen LogP contribution in [0.1, 0.15) is 5.01 Å². The molecule has 0 aliphatic carbocycles. The third kappa shape index (κ3) is 5.59. The predicted molar refractivity (Wildman–Crippen MR) is 149 cm³/mol. The number of rotatable bonds is 8. The standard InChI is InChI=1S/C25H20N6O4S3/c1-16-28-29-24(37-16)30-38(34,35)19-13-11-17(12-14-19)26-22(32)15-36-25-27-21-10-6-5-9-20(21)23(33)31(25)18-7-3-2-4-8-18/h2-14H,15H2,1H3,(H,26,32)(H,29,30). The number of hydrogen-bond acceptors (Lipinski definition) is 9. The Morgan fingerprint density at radius 1 is 0.974 bits per heavy atom. The second-order valence-corrected chi connectivity index (χ2v) is 11.8. The average molecular weight is 565 g/mol. The van der Waals surface area contributed by atoms with Crippen LogP contribution in [-0.4, -0.2) is 39.8 Å². The highest BCUT2D eigenvalue weighted by Gasteiger charge is 2.18. The van der Waals surface area contributed by atoms with Crippen molar-refractivity contribution in [1.29, 1.82) is 0 Å². The van der Waals surface area contributed by atoms with E-state index in [1.807, 2.05) is 18.2 Å². The Labute approximate surface area is 225 Å². The summed E-state index contributed by atoms with van der Waals surface area (Å²) < 4.78 is 29.0. The summed E-state index contributed by atoms with van der Waals surface area (Å²) in [6.07, 6.45) is 0. The zero-order valence-corrected chi connectivity index (χ0v) is 22.3. The van der Waals surface area contributed by atoms with E-state index in [0.717, 1.165) is 23.1 Å². The van der Waals surface area contributed by atoms with Crippen molar-refractivity contribution < 1.29 is 13.2 Å². The molecule has 0 radical (unpaired) electrons. The van der Waals surface area contributed by atoms with Gasteiger partial charge >= 0.3 is 0 Å². The van der Waals surface area contributed by atoms with Crippen LogP contribution < -0.4 is 15.6 Å². The maximum Gasteiger partial charge on any atom is 0.266 e. The van der Waals surface area contributed by atoms with E-state index >= 15 is 0 Å². The normalized spacial score (nSPS) is 11.4. The molecule has 3 aromatic carbocycles. The number of benzene rings is 3. The van der Waals surface area contributed by atoms with Gasteiger partial charge < -0.3 is 5.32 Å². The molecule has 0 atom stereocenters. The second kappa shape index (κ2) is 10.7. The number of anilines is 2. The van der Waals surface area contributed by atoms with Crippen molar-refractivity contribution in [1.82, 2.24) is 19.7 Å². The Balaban J connectivity index is 1.31. The lowest BCUT2D eigenvalue weighted by Crippen LogP contribution is -2.23. The summed E-state index contributed by atoms with van der Waals surface area (Å²) in [6.45, 7) is 1.72. The van der Waals surface area contributed by atoms with E-state index in [0.29, 0.717) is 32.4 Å². The van der Waals surface area contributed by atoms with E-state index < -0.39 is 10.0 Å². The minimum absolute atomic E-state index is 0.0182. The van der Waals surface area contributed by atoms with Crippen LogP contribution in [0.25, 0.3) is 16.6 Å². The summed E-state index contributed by atoms with van der Waals surface area (Å²) in [4.78, 5) is 30.6. The number of thioether (sulfide) groups is 1. The lowest BCUT2D eigenvalue weighted by molar-refractivity contribution is -0.113. The Hall–Kier alpha value is -4.07. The third-order valence-electron chi connectivity index (χ3n) is 5.29. The number of fused-ring (bicyclic) bond motifs is 1. The van der Waals surface area contributed by atoms with Gasteiger partial charge in [0.15, 0.2) is 5.16 Å². The van der Waals surface area contributed by atoms with Gasteiger partial charge in [-0.25, -0.2) is 13.4 Å². The summed E-state index contributed by atoms with van der Waals surface area (Å²) in [7, 11) is -3.84. The molecule has 10 nitrogen and oxygen atoms in total. The van der Waals surface area contributed by atoms with Gasteiger partial charge in [-0.1, -0.05) is 53.4 Å². The van der Waals surface area contributed by atoms with Crippen molar-refractivity contribution in [3.63, 3.8) is 0 Å². The molecule has 1 amide bonds. The lowest BCUT2D eigenvalue weighted by atomic mass is 10.2. The van der Waals surface area contributed by atoms with Crippen LogP contribution in [0, 0.1) is 6.92 Å². The first-order valence-electron chi connectivity index (χ1n) is 11.2. The van der Waals surface area contributed by atoms with Gasteiger partial charge in [-0.05, 0) is 55.5 Å². The van der Waals surface area contributed by atoms with E-state index in [1.54, 1.807) is 43.3 Å². The quantitative estimate of drug-likeness (QED) is 0.213. The van der Waals surface area contributed by atoms with Gasteiger partial charge in [-0.15, -0.1) is 10.2 Å². The number of amides is 1. The first-order valence-corrected chi connectivity index (χ1v) is 14.5. The van der Waals surface area contributed by atoms with Crippen LogP contribution in [0.3, 0.4) is 0 Å². The number of hydrogen-bond donors (Lipinski definition) is 2. The largest absolute Gasteiger partial charge is 0.325 e. The predicted octanol–water partition coefficient (Wildman–Crippen LogP) is 4.08. The molecule has 5 rings (SSSR count). The average Bonchev–Trinajstić information content (AvgIpc) is 3.32. The Morgan fingerprint density at radius 3 is 2.39 bits per heavy atom. The highest BCUT2D eigenvalue weighted by Crippen LogP contribution is 2.23. The minimum atomic E-state index is -3.84. The van der Waals surface area contributed by atoms with Crippen molar-refractivity contribution in [3.8, 4) is 5.69 Å². The van der Waals surface area contributed by atoms with Gasteiger partial charge in [0.05, 0.1) is 27.2 Å². The van der Waals surface area contributed by atoms with Crippen molar-refractivity contribution in [2.75, 3.05) is 15.8 Å². The number of nitrogens with one attached hydrogen (secondary N) is 2. The van der Waals surface area contributed by atoms with Crippen LogP contribution in [0.5, 0.6) is 0 Å². The zero-order chi connectivity index (χ0) is 26.7. The van der Waals surface area contributed by atoms with Crippen LogP contribution in [-0.2, 0) is 14.8 Å². The fraction of sp³-hybridized carbons (Fsp3) is 0.0800. The molecule has 2 aromatic heterocycles. The number of aryl methyl sites for hydroxylation is 1. The first kappa shape index (κ1) is 25.6. The maximum absolute atomic E-state index is 13.3. The molecule has 5 aromatic rings. The van der Waals surface area contributed by atoms with E-state index in [-0.39, 0.29) is 27.2 Å². The van der Waals surface area contributed by atoms with Gasteiger partial charge in [0.25, 0.3) is 15.6 Å². The Bertz CT molecular complexity index is 1790. The number of carbonyl (C=O) groups excluding carboxylic acids is 1. The summed E-state index contributed by atoms with van der Waals surface area (Å²) in [6, 6.07) is 21.9. The van der Waals surface area contributed by atoms with Crippen LogP contribution in [0.15, 0.2) is 93.7 Å². The molecule has 2 N–H and O–H groups in total. The molecule has 38 heavy (non-hydrogen) atoms. The number of nitrogens with zero attached hydrogens (tertiary/aromatic N) is 4. The molecule has 0 fully saturated rings. The molecular formula is C25H20N6O4S3. The second-order valence-electron chi connectivity index (χ2n) is 7.98. The fourth-order valence-corrected chi connectivity index (χ4v) is 6.20. The molecule has 0 bridgehead atoms. The lowest BCUT2D eigenvalue weighted by Gasteiger charge is -2.13. The Morgan fingerprint density at radius 2 is 1.68 bits per heavy atom. The molecule has 0 saturated heterocycles. The summed E-state index contributed by atoms with van der Waals surface area (Å²) >= 11 is 2.26. The highest BCUT2D eigenvalue weighted by molar-refractivity contribution is 7.99. The van der Waals surface area contributed by atoms with Crippen LogP contribution in [0.2, 0.25) is 0 Å². The van der Waals surface area contributed by atoms with Gasteiger partial charge in [-0.3, -0.25) is 18.9 Å². The van der Waals surface area contributed by atoms with E-state index in [4.69, 9.17) is 0 Å². The summed E-state index contributed by atoms with van der Waals surface area (Å²) in [5, 5.41) is 12.0. The zero-order valence-electron chi connectivity index (χ0n) is 19.9. The smallest absolute Gasteiger partial charge is 0.266 e. The molecule has 0 unspecified atom stereocenters. The monoisotopic (exact) mass is 564 g/mol. The molecule has 13 heteroatoms. The highest BCUT2D eigenvalue weighted by atomic mass is 32.2. The van der Waals surface area contributed by atoms with Gasteiger partial charge in [0.1, 0.15) is 5.01 Å². The molecular weight excluding hydrogens is 545 g/mol. The van der Waals surface area contributed by atoms with E-state index in [2.05, 4.69) is 25.2 Å². The maximum atomic E-state index is 13.3. The first-order chi connectivity index (χ1) is 18.3. The number of aromatic nitrogens is 4. The molecule has 0 spiro atoms. The van der Waals surface area contributed by atoms with Crippen molar-refractivity contribution in [2.45, 2.75) is 17.0 Å². The Kier molecular flexibility index (Phi) is 7.22. The molecule has 0 saturated carbocycles. The number of carbonyl (C=O) groups is 1. The molecule has 0 aliphatic heterocycles. The number of para-hydroxylation sites is 2. The summed E-state index contributed by atoms with van der Waals surface area (Å²) in [5.74, 6) is -0.356. The van der Waals surface area contributed by atoms with Crippen LogP contribution >= 0.6 is 23.1 Å². The van der Waals surface area contributed by atoms with E-state index in [9.17, 15) is 18.0 Å². The van der Waals surface area contributed by atoms with Crippen molar-refractivity contribution >= 4 is 60.8 Å². The third-order valence-corrected chi connectivity index (χ3v) is 8.46. The van der Waals surface area contributed by atoms with Gasteiger partial charge in [-0.2, -0.15) is 0 Å². The van der Waals surface area contributed by atoms with Crippen LogP contribution in [0.4, 0.5) is 10.8 Å². The van der Waals surface area contributed by atoms with Crippen molar-refractivity contribution in [2.24, 2.45) is 0 Å². The fourth-order valence-electron chi connectivity index (χ4n) is 3.57. The minimum Gasteiger partial charge on any atom is -0.325 e. The van der Waals surface area contributed by atoms with Gasteiger partial charge in [0.2, 0.25) is 11.0 Å². The number of sulfonamides is 1. The van der Waals surface area contributed by atoms with Gasteiger partial charge in [0, 0.05) is 5.69 Å². The summed E-state index contributed by atoms with van der Waals surface area (Å²) in [5.41, 5.74) is 1.39. The van der Waals surface area contributed by atoms with E-state index in [1.165, 1.54) is 28.8 Å².